The van der Waals surface area contributed by atoms with Crippen molar-refractivity contribution in [2.75, 3.05) is 20.2 Å². The largest absolute Gasteiger partial charge is 0.496 e. The van der Waals surface area contributed by atoms with Gasteiger partial charge in [-0.15, -0.1) is 0 Å². The highest BCUT2D eigenvalue weighted by atomic mass is 32.2. The summed E-state index contributed by atoms with van der Waals surface area (Å²) in [4.78, 5) is 41.1. The molecule has 4 rings (SSSR count). The number of halogens is 3. The van der Waals surface area contributed by atoms with E-state index in [1.54, 1.807) is 36.2 Å². The second-order valence-corrected chi connectivity index (χ2v) is 11.3. The molecule has 224 valence electrons. The van der Waals surface area contributed by atoms with Crippen molar-refractivity contribution in [1.29, 1.82) is 0 Å². The van der Waals surface area contributed by atoms with Crippen molar-refractivity contribution in [3.05, 3.63) is 53.9 Å². The molecule has 0 radical (unpaired) electrons. The Balaban J connectivity index is 0.000000587. The van der Waals surface area contributed by atoms with Gasteiger partial charge in [0.15, 0.2) is 0 Å². The number of ether oxygens (including phenoxy) is 1. The molecule has 2 aliphatic rings. The third kappa shape index (κ3) is 7.73. The van der Waals surface area contributed by atoms with Gasteiger partial charge in [0.05, 0.1) is 24.2 Å². The molecule has 2 atom stereocenters. The van der Waals surface area contributed by atoms with E-state index in [9.17, 15) is 31.2 Å². The molecule has 1 aromatic carbocycles. The lowest BCUT2D eigenvalue weighted by molar-refractivity contribution is -0.192. The van der Waals surface area contributed by atoms with Gasteiger partial charge in [-0.1, -0.05) is 6.07 Å². The normalized spacial score (nSPS) is 19.3. The standard InChI is InChI=1S/C24H30N4O5S.C2HF3O2/c1-17-15-19(10-11-22(17)33-2)34(31,32)28-14-6-9-21(28)24(30)27-13-5-8-20(27)23(29)26-16-18-7-3-4-12-25-18;3-2(4,5)1(6)7/h3-4,7,10-12,15,20-21H,5-6,8-9,13-14,16H2,1-2H3,(H,26,29);(H,6,7)/t20-,21-;/m0./s1. The van der Waals surface area contributed by atoms with Crippen molar-refractivity contribution in [2.45, 2.75) is 62.3 Å². The first-order valence-electron chi connectivity index (χ1n) is 12.7. The fourth-order valence-electron chi connectivity index (χ4n) is 4.71. The summed E-state index contributed by atoms with van der Waals surface area (Å²) in [6.07, 6.45) is -1.14. The van der Waals surface area contributed by atoms with Crippen molar-refractivity contribution in [1.82, 2.24) is 19.5 Å². The molecule has 11 nitrogen and oxygen atoms in total. The third-order valence-electron chi connectivity index (χ3n) is 6.71. The van der Waals surface area contributed by atoms with E-state index in [1.165, 1.54) is 17.5 Å². The zero-order valence-corrected chi connectivity index (χ0v) is 23.2. The second-order valence-electron chi connectivity index (χ2n) is 9.44. The number of likely N-dealkylation sites (tertiary alicyclic amines) is 1. The van der Waals surface area contributed by atoms with E-state index in [0.29, 0.717) is 43.5 Å². The summed E-state index contributed by atoms with van der Waals surface area (Å²) < 4.78 is 65.1. The number of pyridine rings is 1. The Morgan fingerprint density at radius 2 is 1.76 bits per heavy atom. The number of carbonyl (C=O) groups is 3. The van der Waals surface area contributed by atoms with Crippen LogP contribution in [0.25, 0.3) is 0 Å². The molecule has 15 heteroatoms. The number of methoxy groups -OCH3 is 1. The molecule has 2 saturated heterocycles. The van der Waals surface area contributed by atoms with E-state index in [4.69, 9.17) is 14.6 Å². The van der Waals surface area contributed by atoms with E-state index in [0.717, 1.165) is 5.69 Å². The molecule has 2 fully saturated rings. The zero-order chi connectivity index (χ0) is 30.4. The smallest absolute Gasteiger partial charge is 0.490 e. The SMILES string of the molecule is COc1ccc(S(=O)(=O)N2CCC[C@H]2C(=O)N2CCC[C@H]2C(=O)NCc2ccccn2)cc1C.O=C(O)C(F)(F)F. The molecule has 0 unspecified atom stereocenters. The van der Waals surface area contributed by atoms with Crippen molar-refractivity contribution in [2.24, 2.45) is 0 Å². The average molecular weight is 601 g/mol. The summed E-state index contributed by atoms with van der Waals surface area (Å²) in [5, 5.41) is 9.99. The van der Waals surface area contributed by atoms with E-state index in [1.807, 2.05) is 12.1 Å². The number of aliphatic carboxylic acids is 1. The van der Waals surface area contributed by atoms with E-state index in [2.05, 4.69) is 10.3 Å². The van der Waals surface area contributed by atoms with Gasteiger partial charge in [0, 0.05) is 19.3 Å². The lowest BCUT2D eigenvalue weighted by atomic mass is 10.1. The lowest BCUT2D eigenvalue weighted by Crippen LogP contribution is -2.52. The van der Waals surface area contributed by atoms with Gasteiger partial charge in [0.25, 0.3) is 0 Å². The summed E-state index contributed by atoms with van der Waals surface area (Å²) in [5.41, 5.74) is 1.43. The van der Waals surface area contributed by atoms with Crippen molar-refractivity contribution in [3.63, 3.8) is 0 Å². The number of aryl methyl sites for hydroxylation is 1. The minimum Gasteiger partial charge on any atom is -0.496 e. The van der Waals surface area contributed by atoms with Gasteiger partial charge in [0.1, 0.15) is 17.8 Å². The number of carbonyl (C=O) groups excluding carboxylic acids is 2. The highest BCUT2D eigenvalue weighted by Crippen LogP contribution is 2.31. The minimum atomic E-state index is -5.08. The third-order valence-corrected chi connectivity index (χ3v) is 8.62. The van der Waals surface area contributed by atoms with Crippen LogP contribution in [-0.4, -0.2) is 84.0 Å². The number of carboxylic acid groups (broad SMARTS) is 1. The molecule has 2 aliphatic heterocycles. The van der Waals surface area contributed by atoms with Crippen LogP contribution in [0.3, 0.4) is 0 Å². The van der Waals surface area contributed by atoms with Gasteiger partial charge >= 0.3 is 12.1 Å². The molecule has 0 spiro atoms. The Morgan fingerprint density at radius 3 is 2.34 bits per heavy atom. The van der Waals surface area contributed by atoms with Crippen LogP contribution in [0, 0.1) is 6.92 Å². The van der Waals surface area contributed by atoms with Crippen LogP contribution < -0.4 is 10.1 Å². The number of hydrogen-bond acceptors (Lipinski definition) is 7. The van der Waals surface area contributed by atoms with Crippen LogP contribution in [0.1, 0.15) is 36.9 Å². The van der Waals surface area contributed by atoms with Crippen molar-refractivity contribution >= 4 is 27.8 Å². The Hall–Kier alpha value is -3.72. The summed E-state index contributed by atoms with van der Waals surface area (Å²) in [7, 11) is -2.34. The molecule has 2 N–H and O–H groups in total. The highest BCUT2D eigenvalue weighted by molar-refractivity contribution is 7.89. The summed E-state index contributed by atoms with van der Waals surface area (Å²) in [5.74, 6) is -2.70. The maximum atomic E-state index is 13.5. The van der Waals surface area contributed by atoms with Gasteiger partial charge in [0.2, 0.25) is 21.8 Å². The number of benzene rings is 1. The number of carboxylic acids is 1. The quantitative estimate of drug-likeness (QED) is 0.493. The summed E-state index contributed by atoms with van der Waals surface area (Å²) >= 11 is 0. The van der Waals surface area contributed by atoms with Crippen LogP contribution >= 0.6 is 0 Å². The van der Waals surface area contributed by atoms with Gasteiger partial charge in [-0.3, -0.25) is 14.6 Å². The first kappa shape index (κ1) is 31.8. The number of nitrogens with one attached hydrogen (secondary N) is 1. The van der Waals surface area contributed by atoms with Crippen LogP contribution in [0.5, 0.6) is 5.75 Å². The number of rotatable bonds is 7. The van der Waals surface area contributed by atoms with Crippen LogP contribution in [-0.2, 0) is 31.0 Å². The van der Waals surface area contributed by atoms with Crippen LogP contribution in [0.15, 0.2) is 47.5 Å². The maximum Gasteiger partial charge on any atom is 0.490 e. The Kier molecular flexibility index (Phi) is 10.3. The summed E-state index contributed by atoms with van der Waals surface area (Å²) in [6.45, 7) is 2.77. The zero-order valence-electron chi connectivity index (χ0n) is 22.4. The highest BCUT2D eigenvalue weighted by Gasteiger charge is 2.45. The van der Waals surface area contributed by atoms with Gasteiger partial charge in [-0.2, -0.15) is 17.5 Å². The van der Waals surface area contributed by atoms with Crippen LogP contribution in [0.2, 0.25) is 0 Å². The topological polar surface area (TPSA) is 146 Å². The molecule has 0 aliphatic carbocycles. The second kappa shape index (κ2) is 13.3. The first-order valence-corrected chi connectivity index (χ1v) is 14.2. The molecule has 1 aromatic heterocycles. The molecule has 3 heterocycles. The maximum absolute atomic E-state index is 13.5. The van der Waals surface area contributed by atoms with Crippen molar-refractivity contribution in [3.8, 4) is 5.75 Å². The monoisotopic (exact) mass is 600 g/mol. The van der Waals surface area contributed by atoms with Crippen LogP contribution in [0.4, 0.5) is 13.2 Å². The predicted molar refractivity (Wildman–Crippen MR) is 139 cm³/mol. The van der Waals surface area contributed by atoms with E-state index in [-0.39, 0.29) is 29.8 Å². The molecule has 0 saturated carbocycles. The minimum absolute atomic E-state index is 0.136. The molecular formula is C26H31F3N4O7S. The molecule has 2 aromatic rings. The molecule has 0 bridgehead atoms. The van der Waals surface area contributed by atoms with Crippen molar-refractivity contribution < 1.29 is 45.8 Å². The Morgan fingerprint density at radius 1 is 1.10 bits per heavy atom. The number of sulfonamides is 1. The number of hydrogen-bond donors (Lipinski definition) is 2. The fraction of sp³-hybridized carbons (Fsp3) is 0.462. The average Bonchev–Trinajstić information content (AvgIpc) is 3.63. The number of aromatic nitrogens is 1. The van der Waals surface area contributed by atoms with Gasteiger partial charge in [-0.05, 0) is 68.5 Å². The first-order chi connectivity index (χ1) is 19.3. The number of alkyl halides is 3. The number of nitrogens with zero attached hydrogens (tertiary/aromatic N) is 3. The molecular weight excluding hydrogens is 569 g/mol. The van der Waals surface area contributed by atoms with Gasteiger partial charge < -0.3 is 20.1 Å². The number of amides is 2. The lowest BCUT2D eigenvalue weighted by Gasteiger charge is -2.30. The molecule has 2 amide bonds. The molecule has 41 heavy (non-hydrogen) atoms. The Bertz CT molecular complexity index is 1360. The van der Waals surface area contributed by atoms with Gasteiger partial charge in [-0.25, -0.2) is 13.2 Å². The summed E-state index contributed by atoms with van der Waals surface area (Å²) in [6, 6.07) is 8.75. The van der Waals surface area contributed by atoms with E-state index >= 15 is 0 Å². The van der Waals surface area contributed by atoms with E-state index < -0.39 is 34.3 Å². The predicted octanol–water partition coefficient (Wildman–Crippen LogP) is 2.49. The fourth-order valence-corrected chi connectivity index (χ4v) is 6.45. The Labute approximate surface area is 235 Å².